The smallest absolute Gasteiger partial charge is 0.0900 e. The summed E-state index contributed by atoms with van der Waals surface area (Å²) in [5, 5.41) is 10.6. The Hall–Kier alpha value is -0.120. The first-order valence-electron chi connectivity index (χ1n) is 10.4. The maximum Gasteiger partial charge on any atom is 0.0900 e. The van der Waals surface area contributed by atoms with Gasteiger partial charge in [0.1, 0.15) is 0 Å². The lowest BCUT2D eigenvalue weighted by Gasteiger charge is -2.39. The van der Waals surface area contributed by atoms with Crippen molar-refractivity contribution in [3.63, 3.8) is 0 Å². The zero-order valence-corrected chi connectivity index (χ0v) is 16.4. The Kier molecular flexibility index (Phi) is 5.64. The average Bonchev–Trinajstić information content (AvgIpc) is 2.91. The van der Waals surface area contributed by atoms with Gasteiger partial charge in [0.05, 0.1) is 18.8 Å². The van der Waals surface area contributed by atoms with Crippen LogP contribution in [0.2, 0.25) is 0 Å². The molecule has 3 aliphatic rings. The maximum atomic E-state index is 10.6. The molecule has 0 aliphatic heterocycles. The largest absolute Gasteiger partial charge is 0.389 e. The second-order valence-electron chi connectivity index (χ2n) is 9.47. The molecule has 1 N–H and O–H groups in total. The first-order chi connectivity index (χ1) is 11.4. The normalized spacial score (nSPS) is 37.2. The molecule has 3 fully saturated rings. The fourth-order valence-corrected chi connectivity index (χ4v) is 5.92. The number of rotatable bonds is 7. The van der Waals surface area contributed by atoms with Gasteiger partial charge in [-0.2, -0.15) is 0 Å². The van der Waals surface area contributed by atoms with Crippen molar-refractivity contribution >= 4 is 0 Å². The quantitative estimate of drug-likeness (QED) is 0.754. The molecule has 0 spiro atoms. The van der Waals surface area contributed by atoms with E-state index in [1.165, 1.54) is 51.4 Å². The highest BCUT2D eigenvalue weighted by molar-refractivity contribution is 5.11. The summed E-state index contributed by atoms with van der Waals surface area (Å²) < 4.78 is 6.29. The molecule has 0 aromatic rings. The van der Waals surface area contributed by atoms with Gasteiger partial charge in [0.15, 0.2) is 0 Å². The molecule has 4 atom stereocenters. The Balaban J connectivity index is 1.48. The van der Waals surface area contributed by atoms with Gasteiger partial charge < -0.3 is 9.84 Å². The number of ether oxygens (including phenoxy) is 1. The summed E-state index contributed by atoms with van der Waals surface area (Å²) in [6, 6.07) is 0.678. The summed E-state index contributed by atoms with van der Waals surface area (Å²) in [6.45, 7) is 11.8. The number of likely N-dealkylation sites (N-methyl/N-ethyl adjacent to an activating group) is 1. The van der Waals surface area contributed by atoms with Crippen molar-refractivity contribution in [1.82, 2.24) is 4.90 Å². The van der Waals surface area contributed by atoms with Crippen LogP contribution < -0.4 is 0 Å². The van der Waals surface area contributed by atoms with Crippen LogP contribution in [-0.2, 0) is 4.74 Å². The minimum atomic E-state index is -0.349. The maximum absolute atomic E-state index is 10.6. The molecule has 3 heteroatoms. The van der Waals surface area contributed by atoms with Crippen LogP contribution in [0.25, 0.3) is 0 Å². The van der Waals surface area contributed by atoms with Crippen molar-refractivity contribution in [1.29, 1.82) is 0 Å². The first-order valence-corrected chi connectivity index (χ1v) is 10.4. The highest BCUT2D eigenvalue weighted by Crippen LogP contribution is 2.66. The Morgan fingerprint density at radius 3 is 2.38 bits per heavy atom. The van der Waals surface area contributed by atoms with Crippen molar-refractivity contribution in [3.8, 4) is 0 Å². The van der Waals surface area contributed by atoms with Crippen molar-refractivity contribution in [2.75, 3.05) is 19.7 Å². The molecule has 3 aliphatic carbocycles. The van der Waals surface area contributed by atoms with Crippen molar-refractivity contribution < 1.29 is 9.84 Å². The van der Waals surface area contributed by atoms with Gasteiger partial charge in [0.25, 0.3) is 0 Å². The number of aliphatic hydroxyl groups is 1. The van der Waals surface area contributed by atoms with E-state index in [0.29, 0.717) is 29.6 Å². The number of nitrogens with zero attached hydrogens (tertiary/aromatic N) is 1. The van der Waals surface area contributed by atoms with E-state index in [0.717, 1.165) is 19.0 Å². The van der Waals surface area contributed by atoms with E-state index in [2.05, 4.69) is 32.6 Å². The lowest BCUT2D eigenvalue weighted by atomic mass is 9.70. The van der Waals surface area contributed by atoms with Gasteiger partial charge in [-0.15, -0.1) is 0 Å². The number of fused-ring (bicyclic) bond motifs is 2. The summed E-state index contributed by atoms with van der Waals surface area (Å²) >= 11 is 0. The van der Waals surface area contributed by atoms with Crippen LogP contribution in [0.5, 0.6) is 0 Å². The van der Waals surface area contributed by atoms with E-state index < -0.39 is 0 Å². The fourth-order valence-electron chi connectivity index (χ4n) is 5.92. The molecule has 0 unspecified atom stereocenters. The van der Waals surface area contributed by atoms with Crippen LogP contribution in [0.3, 0.4) is 0 Å². The van der Waals surface area contributed by atoms with Crippen LogP contribution in [0.1, 0.15) is 79.1 Å². The van der Waals surface area contributed by atoms with Gasteiger partial charge in [-0.3, -0.25) is 4.90 Å². The molecule has 0 aromatic heterocycles. The molecule has 3 saturated carbocycles. The lowest BCUT2D eigenvalue weighted by Crippen LogP contribution is -2.44. The van der Waals surface area contributed by atoms with E-state index in [1.807, 2.05) is 0 Å². The molecule has 24 heavy (non-hydrogen) atoms. The predicted molar refractivity (Wildman–Crippen MR) is 99.1 cm³/mol. The second kappa shape index (κ2) is 7.25. The zero-order valence-electron chi connectivity index (χ0n) is 16.4. The highest BCUT2D eigenvalue weighted by atomic mass is 16.5. The summed E-state index contributed by atoms with van der Waals surface area (Å²) in [5.41, 5.74) is 0.686. The van der Waals surface area contributed by atoms with Gasteiger partial charge in [-0.05, 0) is 55.4 Å². The third-order valence-electron chi connectivity index (χ3n) is 8.15. The van der Waals surface area contributed by atoms with Gasteiger partial charge in [0.2, 0.25) is 0 Å². The van der Waals surface area contributed by atoms with E-state index in [9.17, 15) is 5.11 Å². The number of aliphatic hydroxyl groups excluding tert-OH is 1. The molecule has 0 heterocycles. The van der Waals surface area contributed by atoms with E-state index in [-0.39, 0.29) is 6.10 Å². The molecule has 0 amide bonds. The van der Waals surface area contributed by atoms with Crippen LogP contribution in [-0.4, -0.2) is 48.0 Å². The van der Waals surface area contributed by atoms with Gasteiger partial charge >= 0.3 is 0 Å². The van der Waals surface area contributed by atoms with Crippen LogP contribution in [0.4, 0.5) is 0 Å². The molecule has 3 rings (SSSR count). The third kappa shape index (κ3) is 3.29. The molecule has 140 valence electrons. The Labute approximate surface area is 149 Å². The number of hydrogen-bond donors (Lipinski definition) is 1. The minimum absolute atomic E-state index is 0.297. The molecule has 0 aromatic carbocycles. The van der Waals surface area contributed by atoms with Crippen molar-refractivity contribution in [2.24, 2.45) is 16.7 Å². The molecular formula is C21H39NO2. The summed E-state index contributed by atoms with van der Waals surface area (Å²) in [7, 11) is 0. The fraction of sp³-hybridized carbons (Fsp3) is 1.00. The highest BCUT2D eigenvalue weighted by Gasteiger charge is 2.61. The SMILES string of the molecule is CCN(C[C@@H](O)CO[C@@H]1C[C@@H]2CC[C@]1(C)C2(C)C)C1CCCCC1. The van der Waals surface area contributed by atoms with E-state index >= 15 is 0 Å². The van der Waals surface area contributed by atoms with Crippen LogP contribution in [0, 0.1) is 16.7 Å². The third-order valence-corrected chi connectivity index (χ3v) is 8.15. The van der Waals surface area contributed by atoms with Gasteiger partial charge in [-0.1, -0.05) is 47.0 Å². The Morgan fingerprint density at radius 2 is 1.83 bits per heavy atom. The van der Waals surface area contributed by atoms with E-state index in [4.69, 9.17) is 4.74 Å². The summed E-state index contributed by atoms with van der Waals surface area (Å²) in [4.78, 5) is 2.49. The summed E-state index contributed by atoms with van der Waals surface area (Å²) in [6.07, 6.45) is 10.5. The molecule has 0 saturated heterocycles. The van der Waals surface area contributed by atoms with Crippen molar-refractivity contribution in [2.45, 2.75) is 97.3 Å². The summed E-state index contributed by atoms with van der Waals surface area (Å²) in [5.74, 6) is 0.805. The Bertz CT molecular complexity index is 418. The average molecular weight is 338 g/mol. The predicted octanol–water partition coefficient (Wildman–Crippen LogP) is 4.23. The van der Waals surface area contributed by atoms with Gasteiger partial charge in [0, 0.05) is 12.6 Å². The Morgan fingerprint density at radius 1 is 1.12 bits per heavy atom. The topological polar surface area (TPSA) is 32.7 Å². The molecular weight excluding hydrogens is 298 g/mol. The first kappa shape index (κ1) is 18.7. The molecule has 2 bridgehead atoms. The van der Waals surface area contributed by atoms with Crippen molar-refractivity contribution in [3.05, 3.63) is 0 Å². The molecule has 3 nitrogen and oxygen atoms in total. The number of hydrogen-bond acceptors (Lipinski definition) is 3. The van der Waals surface area contributed by atoms with Crippen LogP contribution >= 0.6 is 0 Å². The molecule has 0 radical (unpaired) electrons. The monoisotopic (exact) mass is 337 g/mol. The van der Waals surface area contributed by atoms with E-state index in [1.54, 1.807) is 0 Å². The van der Waals surface area contributed by atoms with Crippen LogP contribution in [0.15, 0.2) is 0 Å². The zero-order chi connectivity index (χ0) is 17.4. The standard InChI is InChI=1S/C21H39NO2/c1-5-22(17-9-7-6-8-10-17)14-18(23)15-24-19-13-16-11-12-21(19,4)20(16,2)3/h16-19,23H,5-15H2,1-4H3/t16-,18+,19+,21-/m0/s1. The minimum Gasteiger partial charge on any atom is -0.389 e. The van der Waals surface area contributed by atoms with Gasteiger partial charge in [-0.25, -0.2) is 0 Å². The lowest BCUT2D eigenvalue weighted by molar-refractivity contribution is -0.0813. The second-order valence-corrected chi connectivity index (χ2v) is 9.47.